The highest BCUT2D eigenvalue weighted by atomic mass is 16.2. The molecule has 2 amide bonds. The fourth-order valence-corrected chi connectivity index (χ4v) is 4.76. The molecule has 0 bridgehead atoms. The van der Waals surface area contributed by atoms with Gasteiger partial charge in [-0.3, -0.25) is 9.59 Å². The van der Waals surface area contributed by atoms with Gasteiger partial charge in [0.1, 0.15) is 0 Å². The summed E-state index contributed by atoms with van der Waals surface area (Å²) in [6.45, 7) is 12.3. The average molecular weight is 435 g/mol. The molecule has 172 valence electrons. The molecule has 32 heavy (non-hydrogen) atoms. The summed E-state index contributed by atoms with van der Waals surface area (Å²) in [4.78, 5) is 28.1. The Morgan fingerprint density at radius 3 is 2.16 bits per heavy atom. The maximum atomic E-state index is 13.3. The van der Waals surface area contributed by atoms with Crippen LogP contribution in [0.5, 0.6) is 0 Å². The molecule has 1 fully saturated rings. The van der Waals surface area contributed by atoms with Crippen molar-refractivity contribution >= 4 is 11.8 Å². The largest absolute Gasteiger partial charge is 0.356 e. The molecule has 4 nitrogen and oxygen atoms in total. The van der Waals surface area contributed by atoms with Crippen LogP contribution in [0.15, 0.2) is 48.5 Å². The van der Waals surface area contributed by atoms with Crippen molar-refractivity contribution in [3.05, 3.63) is 59.7 Å². The molecule has 0 unspecified atom stereocenters. The third-order valence-corrected chi connectivity index (χ3v) is 6.56. The molecule has 1 aliphatic heterocycles. The first-order valence-corrected chi connectivity index (χ1v) is 11.9. The van der Waals surface area contributed by atoms with Gasteiger partial charge in [0.2, 0.25) is 11.8 Å². The van der Waals surface area contributed by atoms with E-state index in [1.807, 2.05) is 11.8 Å². The SMILES string of the molecule is CCNC(=O)C1(Cc2ccccc2-c2ccccc2C)CCN(C(=O)CC(C)(C)C)CC1. The number of hydrogen-bond donors (Lipinski definition) is 1. The normalized spacial score (nSPS) is 16.0. The van der Waals surface area contributed by atoms with E-state index in [0.29, 0.717) is 45.3 Å². The maximum absolute atomic E-state index is 13.3. The van der Waals surface area contributed by atoms with Crippen molar-refractivity contribution in [1.82, 2.24) is 10.2 Å². The minimum Gasteiger partial charge on any atom is -0.356 e. The number of likely N-dealkylation sites (tertiary alicyclic amines) is 1. The number of nitrogens with zero attached hydrogens (tertiary/aromatic N) is 1. The lowest BCUT2D eigenvalue weighted by atomic mass is 9.71. The van der Waals surface area contributed by atoms with Gasteiger partial charge >= 0.3 is 0 Å². The fourth-order valence-electron chi connectivity index (χ4n) is 4.76. The van der Waals surface area contributed by atoms with Crippen LogP contribution in [0.4, 0.5) is 0 Å². The highest BCUT2D eigenvalue weighted by Gasteiger charge is 2.42. The first-order valence-electron chi connectivity index (χ1n) is 11.9. The van der Waals surface area contributed by atoms with Gasteiger partial charge in [-0.15, -0.1) is 0 Å². The van der Waals surface area contributed by atoms with Gasteiger partial charge in [-0.2, -0.15) is 0 Å². The van der Waals surface area contributed by atoms with Gasteiger partial charge in [0.25, 0.3) is 0 Å². The number of amides is 2. The monoisotopic (exact) mass is 434 g/mol. The fraction of sp³-hybridized carbons (Fsp3) is 0.500. The number of piperidine rings is 1. The maximum Gasteiger partial charge on any atom is 0.226 e. The Hall–Kier alpha value is -2.62. The molecule has 1 saturated heterocycles. The Bertz CT molecular complexity index is 950. The topological polar surface area (TPSA) is 49.4 Å². The van der Waals surface area contributed by atoms with Crippen LogP contribution in [0.3, 0.4) is 0 Å². The molecule has 2 aromatic rings. The summed E-state index contributed by atoms with van der Waals surface area (Å²) in [5.74, 6) is 0.310. The van der Waals surface area contributed by atoms with Crippen LogP contribution in [0.2, 0.25) is 0 Å². The van der Waals surface area contributed by atoms with Crippen molar-refractivity contribution in [2.75, 3.05) is 19.6 Å². The van der Waals surface area contributed by atoms with Crippen LogP contribution in [-0.2, 0) is 16.0 Å². The van der Waals surface area contributed by atoms with Gasteiger partial charge < -0.3 is 10.2 Å². The van der Waals surface area contributed by atoms with Crippen LogP contribution in [0.1, 0.15) is 58.1 Å². The van der Waals surface area contributed by atoms with Gasteiger partial charge in [0.05, 0.1) is 5.41 Å². The van der Waals surface area contributed by atoms with Gasteiger partial charge in [0, 0.05) is 26.1 Å². The zero-order valence-electron chi connectivity index (χ0n) is 20.3. The Kier molecular flexibility index (Phi) is 7.43. The van der Waals surface area contributed by atoms with E-state index in [4.69, 9.17) is 0 Å². The van der Waals surface area contributed by atoms with Crippen molar-refractivity contribution < 1.29 is 9.59 Å². The zero-order valence-corrected chi connectivity index (χ0v) is 20.3. The van der Waals surface area contributed by atoms with Gasteiger partial charge in [0.15, 0.2) is 0 Å². The molecule has 3 rings (SSSR count). The second-order valence-corrected chi connectivity index (χ2v) is 10.4. The van der Waals surface area contributed by atoms with Crippen LogP contribution in [0.25, 0.3) is 11.1 Å². The minimum atomic E-state index is -0.493. The molecule has 2 aromatic carbocycles. The van der Waals surface area contributed by atoms with Gasteiger partial charge in [-0.05, 0) is 60.8 Å². The second-order valence-electron chi connectivity index (χ2n) is 10.4. The number of hydrogen-bond acceptors (Lipinski definition) is 2. The molecule has 0 spiro atoms. The van der Waals surface area contributed by atoms with E-state index in [9.17, 15) is 9.59 Å². The summed E-state index contributed by atoms with van der Waals surface area (Å²) in [5, 5.41) is 3.09. The third kappa shape index (κ3) is 5.59. The Labute approximate surface area is 193 Å². The van der Waals surface area contributed by atoms with Gasteiger partial charge in [-0.25, -0.2) is 0 Å². The highest BCUT2D eigenvalue weighted by Crippen LogP contribution is 2.39. The summed E-state index contributed by atoms with van der Waals surface area (Å²) in [7, 11) is 0. The van der Waals surface area contributed by atoms with E-state index in [1.54, 1.807) is 0 Å². The lowest BCUT2D eigenvalue weighted by molar-refractivity contribution is -0.141. The van der Waals surface area contributed by atoms with Crippen LogP contribution in [-0.4, -0.2) is 36.3 Å². The lowest BCUT2D eigenvalue weighted by Gasteiger charge is -2.41. The quantitative estimate of drug-likeness (QED) is 0.663. The Balaban J connectivity index is 1.87. The highest BCUT2D eigenvalue weighted by molar-refractivity contribution is 5.84. The third-order valence-electron chi connectivity index (χ3n) is 6.56. The van der Waals surface area contributed by atoms with Crippen LogP contribution >= 0.6 is 0 Å². The molecular weight excluding hydrogens is 396 g/mol. The Morgan fingerprint density at radius 1 is 0.969 bits per heavy atom. The molecule has 0 atom stereocenters. The van der Waals surface area contributed by atoms with Crippen molar-refractivity contribution in [3.8, 4) is 11.1 Å². The summed E-state index contributed by atoms with van der Waals surface area (Å²) in [5.41, 5.74) is 4.31. The Morgan fingerprint density at radius 2 is 1.56 bits per heavy atom. The predicted molar refractivity (Wildman–Crippen MR) is 131 cm³/mol. The summed E-state index contributed by atoms with van der Waals surface area (Å²) in [6.07, 6.45) is 2.61. The summed E-state index contributed by atoms with van der Waals surface area (Å²) < 4.78 is 0. The zero-order chi connectivity index (χ0) is 23.4. The van der Waals surface area contributed by atoms with Crippen molar-refractivity contribution in [3.63, 3.8) is 0 Å². The number of carbonyl (C=O) groups excluding carboxylic acids is 2. The molecule has 0 saturated carbocycles. The molecule has 0 aromatic heterocycles. The van der Waals surface area contributed by atoms with E-state index in [2.05, 4.69) is 81.5 Å². The standard InChI is InChI=1S/C28H38N2O2/c1-6-29-26(32)28(15-17-30(18-16-28)25(31)20-27(3,4)5)19-22-12-8-10-14-24(22)23-13-9-7-11-21(23)2/h7-14H,6,15-20H2,1-5H3,(H,29,32). The summed E-state index contributed by atoms with van der Waals surface area (Å²) in [6, 6.07) is 16.8. The van der Waals surface area contributed by atoms with Crippen molar-refractivity contribution in [2.24, 2.45) is 10.8 Å². The number of aryl methyl sites for hydroxylation is 1. The first kappa shape index (κ1) is 24.0. The number of nitrogens with one attached hydrogen (secondary N) is 1. The van der Waals surface area contributed by atoms with E-state index in [1.165, 1.54) is 22.3 Å². The predicted octanol–water partition coefficient (Wildman–Crippen LogP) is 5.39. The number of rotatable bonds is 6. The minimum absolute atomic E-state index is 0.0301. The molecular formula is C28H38N2O2. The average Bonchev–Trinajstić information content (AvgIpc) is 2.74. The van der Waals surface area contributed by atoms with Crippen LogP contribution in [0, 0.1) is 17.8 Å². The van der Waals surface area contributed by atoms with Gasteiger partial charge in [-0.1, -0.05) is 69.3 Å². The number of carbonyl (C=O) groups is 2. The van der Waals surface area contributed by atoms with Crippen molar-refractivity contribution in [2.45, 2.75) is 60.3 Å². The molecule has 1 aliphatic rings. The van der Waals surface area contributed by atoms with E-state index in [-0.39, 0.29) is 17.2 Å². The first-order chi connectivity index (χ1) is 15.1. The second kappa shape index (κ2) is 9.89. The molecule has 1 N–H and O–H groups in total. The summed E-state index contributed by atoms with van der Waals surface area (Å²) >= 11 is 0. The molecule has 1 heterocycles. The smallest absolute Gasteiger partial charge is 0.226 e. The lowest BCUT2D eigenvalue weighted by Crippen LogP contribution is -2.51. The van der Waals surface area contributed by atoms with E-state index in [0.717, 1.165) is 0 Å². The molecule has 0 aliphatic carbocycles. The number of benzene rings is 2. The van der Waals surface area contributed by atoms with Crippen LogP contribution < -0.4 is 5.32 Å². The van der Waals surface area contributed by atoms with E-state index < -0.39 is 5.41 Å². The van der Waals surface area contributed by atoms with Crippen molar-refractivity contribution in [1.29, 1.82) is 0 Å². The molecule has 4 heteroatoms. The van der Waals surface area contributed by atoms with E-state index >= 15 is 0 Å². The molecule has 0 radical (unpaired) electrons.